The molecule has 106 valence electrons. The average molecular weight is 256 g/mol. The summed E-state index contributed by atoms with van der Waals surface area (Å²) in [6, 6.07) is 0.358. The molecule has 0 radical (unpaired) electrons. The van der Waals surface area contributed by atoms with E-state index in [-0.39, 0.29) is 5.91 Å². The molecule has 1 aliphatic carbocycles. The first-order valence-corrected chi connectivity index (χ1v) is 7.28. The van der Waals surface area contributed by atoms with Crippen LogP contribution in [0, 0.1) is 0 Å². The van der Waals surface area contributed by atoms with E-state index in [0.29, 0.717) is 19.1 Å². The van der Waals surface area contributed by atoms with E-state index in [1.165, 1.54) is 12.8 Å². The fourth-order valence-electron chi connectivity index (χ4n) is 2.30. The minimum atomic E-state index is -0.678. The molecule has 18 heavy (non-hydrogen) atoms. The molecule has 1 unspecified atom stereocenters. The highest BCUT2D eigenvalue weighted by Gasteiger charge is 2.28. The molecule has 0 bridgehead atoms. The van der Waals surface area contributed by atoms with Crippen LogP contribution in [-0.2, 0) is 4.79 Å². The van der Waals surface area contributed by atoms with Gasteiger partial charge in [-0.05, 0) is 26.2 Å². The zero-order valence-electron chi connectivity index (χ0n) is 11.8. The number of carbonyl (C=O) groups is 1. The molecule has 4 nitrogen and oxygen atoms in total. The summed E-state index contributed by atoms with van der Waals surface area (Å²) in [5.41, 5.74) is -0.678. The lowest BCUT2D eigenvalue weighted by Crippen LogP contribution is -2.46. The molecule has 1 fully saturated rings. The molecule has 0 aliphatic heterocycles. The molecule has 0 spiro atoms. The Balaban J connectivity index is 2.23. The first kappa shape index (κ1) is 15.4. The molecular weight excluding hydrogens is 228 g/mol. The van der Waals surface area contributed by atoms with Gasteiger partial charge in [-0.25, -0.2) is 0 Å². The lowest BCUT2D eigenvalue weighted by Gasteiger charge is -2.27. The summed E-state index contributed by atoms with van der Waals surface area (Å²) in [6.07, 6.45) is 7.17. The summed E-state index contributed by atoms with van der Waals surface area (Å²) < 4.78 is 0. The van der Waals surface area contributed by atoms with E-state index in [9.17, 15) is 9.90 Å². The van der Waals surface area contributed by atoms with Gasteiger partial charge in [-0.3, -0.25) is 4.79 Å². The summed E-state index contributed by atoms with van der Waals surface area (Å²) in [4.78, 5) is 11.6. The minimum absolute atomic E-state index is 0.0204. The molecule has 0 heterocycles. The molecule has 0 aromatic carbocycles. The van der Waals surface area contributed by atoms with Crippen molar-refractivity contribution in [3.8, 4) is 0 Å². The van der Waals surface area contributed by atoms with E-state index in [2.05, 4.69) is 24.5 Å². The fraction of sp³-hybridized carbons (Fsp3) is 0.929. The number of carbonyl (C=O) groups excluding carboxylic acids is 1. The molecule has 0 aromatic rings. The number of hydrogen-bond acceptors (Lipinski definition) is 3. The zero-order chi connectivity index (χ0) is 13.4. The quantitative estimate of drug-likeness (QED) is 0.632. The summed E-state index contributed by atoms with van der Waals surface area (Å²) in [6.45, 7) is 4.88. The van der Waals surface area contributed by atoms with Gasteiger partial charge < -0.3 is 15.7 Å². The van der Waals surface area contributed by atoms with Crippen molar-refractivity contribution in [3.05, 3.63) is 0 Å². The van der Waals surface area contributed by atoms with Crippen molar-refractivity contribution in [3.63, 3.8) is 0 Å². The maximum absolute atomic E-state index is 11.6. The second kappa shape index (κ2) is 7.74. The number of nitrogens with one attached hydrogen (secondary N) is 2. The van der Waals surface area contributed by atoms with Crippen LogP contribution < -0.4 is 10.6 Å². The van der Waals surface area contributed by atoms with E-state index in [1.807, 2.05) is 0 Å². The third-order valence-electron chi connectivity index (χ3n) is 3.87. The number of aliphatic hydroxyl groups is 1. The molecule has 0 aromatic heterocycles. The highest BCUT2D eigenvalue weighted by molar-refractivity contribution is 5.78. The molecule has 1 saturated carbocycles. The Morgan fingerprint density at radius 2 is 1.89 bits per heavy atom. The second-order valence-corrected chi connectivity index (χ2v) is 5.61. The van der Waals surface area contributed by atoms with Gasteiger partial charge in [0.1, 0.15) is 0 Å². The van der Waals surface area contributed by atoms with Gasteiger partial charge in [-0.1, -0.05) is 32.6 Å². The Labute approximate surface area is 111 Å². The lowest BCUT2D eigenvalue weighted by molar-refractivity contribution is -0.121. The van der Waals surface area contributed by atoms with E-state index < -0.39 is 5.60 Å². The van der Waals surface area contributed by atoms with E-state index in [4.69, 9.17) is 0 Å². The van der Waals surface area contributed by atoms with Crippen LogP contribution in [-0.4, -0.2) is 35.7 Å². The standard InChI is InChI=1S/C14H28N2O2/c1-3-12(2)15-10-13(17)16-11-14(18)8-6-4-5-7-9-14/h12,15,18H,3-11H2,1-2H3,(H,16,17). The van der Waals surface area contributed by atoms with Crippen LogP contribution in [0.3, 0.4) is 0 Å². The Morgan fingerprint density at radius 1 is 1.28 bits per heavy atom. The van der Waals surface area contributed by atoms with Crippen molar-refractivity contribution < 1.29 is 9.90 Å². The van der Waals surface area contributed by atoms with Gasteiger partial charge >= 0.3 is 0 Å². The normalized spacial score (nSPS) is 21.1. The topological polar surface area (TPSA) is 61.4 Å². The van der Waals surface area contributed by atoms with Gasteiger partial charge in [0.15, 0.2) is 0 Å². The van der Waals surface area contributed by atoms with Crippen molar-refractivity contribution in [1.29, 1.82) is 0 Å². The first-order valence-electron chi connectivity index (χ1n) is 7.28. The van der Waals surface area contributed by atoms with Crippen LogP contribution in [0.1, 0.15) is 58.8 Å². The molecule has 1 amide bonds. The molecular formula is C14H28N2O2. The second-order valence-electron chi connectivity index (χ2n) is 5.61. The Kier molecular flexibility index (Phi) is 6.65. The maximum Gasteiger partial charge on any atom is 0.234 e. The van der Waals surface area contributed by atoms with Gasteiger partial charge in [0, 0.05) is 12.6 Å². The average Bonchev–Trinajstić information content (AvgIpc) is 2.59. The predicted octanol–water partition coefficient (Wildman–Crippen LogP) is 1.58. The van der Waals surface area contributed by atoms with Crippen molar-refractivity contribution in [2.24, 2.45) is 0 Å². The largest absolute Gasteiger partial charge is 0.388 e. The molecule has 1 atom stereocenters. The van der Waals surface area contributed by atoms with Crippen LogP contribution in [0.15, 0.2) is 0 Å². The Bertz CT molecular complexity index is 248. The molecule has 1 aliphatic rings. The summed E-state index contributed by atoms with van der Waals surface area (Å²) in [5, 5.41) is 16.4. The maximum atomic E-state index is 11.6. The van der Waals surface area contributed by atoms with Crippen LogP contribution in [0.4, 0.5) is 0 Å². The molecule has 3 N–H and O–H groups in total. The van der Waals surface area contributed by atoms with Crippen molar-refractivity contribution in [1.82, 2.24) is 10.6 Å². The third kappa shape index (κ3) is 5.83. The Morgan fingerprint density at radius 3 is 2.44 bits per heavy atom. The van der Waals surface area contributed by atoms with Crippen molar-refractivity contribution >= 4 is 5.91 Å². The summed E-state index contributed by atoms with van der Waals surface area (Å²) in [7, 11) is 0. The molecule has 1 rings (SSSR count). The first-order chi connectivity index (χ1) is 8.56. The van der Waals surface area contributed by atoms with E-state index in [1.54, 1.807) is 0 Å². The van der Waals surface area contributed by atoms with Crippen molar-refractivity contribution in [2.45, 2.75) is 70.4 Å². The van der Waals surface area contributed by atoms with Crippen LogP contribution >= 0.6 is 0 Å². The van der Waals surface area contributed by atoms with Gasteiger partial charge in [0.05, 0.1) is 12.1 Å². The SMILES string of the molecule is CCC(C)NCC(=O)NCC1(O)CCCCCC1. The highest BCUT2D eigenvalue weighted by Crippen LogP contribution is 2.26. The highest BCUT2D eigenvalue weighted by atomic mass is 16.3. The number of rotatable bonds is 6. The fourth-order valence-corrected chi connectivity index (χ4v) is 2.30. The van der Waals surface area contributed by atoms with E-state index >= 15 is 0 Å². The monoisotopic (exact) mass is 256 g/mol. The van der Waals surface area contributed by atoms with Gasteiger partial charge in [-0.15, -0.1) is 0 Å². The van der Waals surface area contributed by atoms with Gasteiger partial charge in [0.25, 0.3) is 0 Å². The number of hydrogen-bond donors (Lipinski definition) is 3. The smallest absolute Gasteiger partial charge is 0.234 e. The van der Waals surface area contributed by atoms with Crippen LogP contribution in [0.25, 0.3) is 0 Å². The van der Waals surface area contributed by atoms with Gasteiger partial charge in [0.2, 0.25) is 5.91 Å². The van der Waals surface area contributed by atoms with Crippen LogP contribution in [0.2, 0.25) is 0 Å². The molecule has 4 heteroatoms. The molecule has 0 saturated heterocycles. The predicted molar refractivity (Wildman–Crippen MR) is 73.4 cm³/mol. The minimum Gasteiger partial charge on any atom is -0.388 e. The Hall–Kier alpha value is -0.610. The van der Waals surface area contributed by atoms with E-state index in [0.717, 1.165) is 32.1 Å². The number of amides is 1. The van der Waals surface area contributed by atoms with Crippen molar-refractivity contribution in [2.75, 3.05) is 13.1 Å². The van der Waals surface area contributed by atoms with Gasteiger partial charge in [-0.2, -0.15) is 0 Å². The third-order valence-corrected chi connectivity index (χ3v) is 3.87. The zero-order valence-corrected chi connectivity index (χ0v) is 11.8. The lowest BCUT2D eigenvalue weighted by atomic mass is 9.94. The van der Waals surface area contributed by atoms with Crippen LogP contribution in [0.5, 0.6) is 0 Å². The summed E-state index contributed by atoms with van der Waals surface area (Å²) in [5.74, 6) is -0.0204. The summed E-state index contributed by atoms with van der Waals surface area (Å²) >= 11 is 0.